The second-order valence-corrected chi connectivity index (χ2v) is 7.89. The lowest BCUT2D eigenvalue weighted by molar-refractivity contribution is 0.229. The van der Waals surface area contributed by atoms with Crippen molar-refractivity contribution in [3.05, 3.63) is 84.1 Å². The van der Waals surface area contributed by atoms with Crippen molar-refractivity contribution in [2.24, 2.45) is 0 Å². The van der Waals surface area contributed by atoms with Crippen molar-refractivity contribution in [2.45, 2.75) is 11.4 Å². The average Bonchev–Trinajstić information content (AvgIpc) is 2.68. The van der Waals surface area contributed by atoms with Crippen LogP contribution in [0.3, 0.4) is 0 Å². The molecule has 0 saturated carbocycles. The summed E-state index contributed by atoms with van der Waals surface area (Å²) in [5, 5.41) is 0. The standard InChI is InChI=1S/C19H13F2N3O3S/c20-14-5-3-13(4-6-14)12-23-19(25)24(16-9-7-15(21)8-10-16)18-17(28(23,26)27)2-1-11-22-18/h1-11H,12H2. The first-order valence-electron chi connectivity index (χ1n) is 8.20. The largest absolute Gasteiger partial charge is 0.344 e. The van der Waals surface area contributed by atoms with Crippen LogP contribution in [0.25, 0.3) is 0 Å². The SMILES string of the molecule is O=C1N(c2ccc(F)cc2)c2ncccc2S(=O)(=O)N1Cc1ccc(F)cc1. The van der Waals surface area contributed by atoms with Crippen LogP contribution < -0.4 is 4.90 Å². The predicted molar refractivity (Wildman–Crippen MR) is 97.3 cm³/mol. The van der Waals surface area contributed by atoms with E-state index in [9.17, 15) is 22.0 Å². The molecule has 0 saturated heterocycles. The number of urea groups is 1. The van der Waals surface area contributed by atoms with Crippen LogP contribution in [-0.4, -0.2) is 23.7 Å². The highest BCUT2D eigenvalue weighted by molar-refractivity contribution is 7.90. The molecule has 2 aromatic carbocycles. The van der Waals surface area contributed by atoms with Crippen LogP contribution in [0.2, 0.25) is 0 Å². The first-order valence-corrected chi connectivity index (χ1v) is 9.64. The molecule has 0 unspecified atom stereocenters. The predicted octanol–water partition coefficient (Wildman–Crippen LogP) is 3.82. The van der Waals surface area contributed by atoms with E-state index in [2.05, 4.69) is 4.98 Å². The van der Waals surface area contributed by atoms with Gasteiger partial charge in [-0.15, -0.1) is 0 Å². The molecule has 1 aliphatic heterocycles. The number of anilines is 2. The van der Waals surface area contributed by atoms with Gasteiger partial charge in [-0.25, -0.2) is 36.2 Å². The summed E-state index contributed by atoms with van der Waals surface area (Å²) < 4.78 is 53.2. The number of hydrogen-bond donors (Lipinski definition) is 0. The second kappa shape index (κ2) is 6.68. The number of halogens is 2. The number of aromatic nitrogens is 1. The van der Waals surface area contributed by atoms with Gasteiger partial charge in [0.1, 0.15) is 16.5 Å². The highest BCUT2D eigenvalue weighted by Crippen LogP contribution is 2.38. The van der Waals surface area contributed by atoms with Gasteiger partial charge in [-0.3, -0.25) is 0 Å². The number of carbonyl (C=O) groups excluding carboxylic acids is 1. The van der Waals surface area contributed by atoms with Crippen LogP contribution in [0.4, 0.5) is 25.1 Å². The summed E-state index contributed by atoms with van der Waals surface area (Å²) in [6, 6.07) is 12.2. The zero-order valence-electron chi connectivity index (χ0n) is 14.3. The van der Waals surface area contributed by atoms with Crippen LogP contribution in [0.15, 0.2) is 71.8 Å². The molecule has 0 fully saturated rings. The Hall–Kier alpha value is -3.33. The van der Waals surface area contributed by atoms with Crippen molar-refractivity contribution in [3.63, 3.8) is 0 Å². The third kappa shape index (κ3) is 2.99. The van der Waals surface area contributed by atoms with E-state index in [1.165, 1.54) is 66.9 Å². The van der Waals surface area contributed by atoms with Crippen molar-refractivity contribution >= 4 is 27.6 Å². The summed E-state index contributed by atoms with van der Waals surface area (Å²) in [4.78, 5) is 18.1. The fraction of sp³-hybridized carbons (Fsp3) is 0.0526. The van der Waals surface area contributed by atoms with E-state index >= 15 is 0 Å². The maximum atomic E-state index is 13.3. The lowest BCUT2D eigenvalue weighted by Gasteiger charge is -2.35. The molecule has 3 aromatic rings. The zero-order valence-corrected chi connectivity index (χ0v) is 15.1. The highest BCUT2D eigenvalue weighted by atomic mass is 32.2. The molecule has 0 spiro atoms. The molecule has 4 rings (SSSR count). The van der Waals surface area contributed by atoms with Crippen LogP contribution in [0.5, 0.6) is 0 Å². The minimum absolute atomic E-state index is 0.0607. The number of sulfonamides is 1. The summed E-state index contributed by atoms with van der Waals surface area (Å²) in [5.74, 6) is -1.03. The molecule has 0 radical (unpaired) electrons. The number of benzene rings is 2. The van der Waals surface area contributed by atoms with Crippen molar-refractivity contribution in [2.75, 3.05) is 4.90 Å². The van der Waals surface area contributed by atoms with Crippen LogP contribution in [-0.2, 0) is 16.6 Å². The number of pyridine rings is 1. The molecule has 2 heterocycles. The van der Waals surface area contributed by atoms with E-state index in [4.69, 9.17) is 0 Å². The minimum Gasteiger partial charge on any atom is -0.246 e. The Morgan fingerprint density at radius 1 is 0.893 bits per heavy atom. The van der Waals surface area contributed by atoms with E-state index in [0.717, 1.165) is 4.90 Å². The third-order valence-corrected chi connectivity index (χ3v) is 6.00. The first-order chi connectivity index (χ1) is 13.4. The van der Waals surface area contributed by atoms with Crippen LogP contribution in [0, 0.1) is 11.6 Å². The maximum absolute atomic E-state index is 13.3. The number of rotatable bonds is 3. The van der Waals surface area contributed by atoms with E-state index in [-0.39, 0.29) is 22.9 Å². The normalized spacial score (nSPS) is 15.4. The number of amides is 2. The molecule has 2 amide bonds. The molecule has 0 N–H and O–H groups in total. The fourth-order valence-electron chi connectivity index (χ4n) is 2.91. The van der Waals surface area contributed by atoms with Crippen molar-refractivity contribution < 1.29 is 22.0 Å². The van der Waals surface area contributed by atoms with Crippen LogP contribution >= 0.6 is 0 Å². The summed E-state index contributed by atoms with van der Waals surface area (Å²) in [7, 11) is -4.18. The molecule has 6 nitrogen and oxygen atoms in total. The molecular weight excluding hydrogens is 388 g/mol. The third-order valence-electron chi connectivity index (χ3n) is 4.26. The Morgan fingerprint density at radius 2 is 1.50 bits per heavy atom. The number of nitrogens with zero attached hydrogens (tertiary/aromatic N) is 3. The molecular formula is C19H13F2N3O3S. The number of carbonyl (C=O) groups is 1. The maximum Gasteiger partial charge on any atom is 0.344 e. The van der Waals surface area contributed by atoms with E-state index in [1.807, 2.05) is 0 Å². The first kappa shape index (κ1) is 18.1. The number of fused-ring (bicyclic) bond motifs is 1. The van der Waals surface area contributed by atoms with E-state index in [0.29, 0.717) is 9.87 Å². The molecule has 0 atom stereocenters. The molecule has 142 valence electrons. The number of hydrogen-bond acceptors (Lipinski definition) is 4. The molecule has 1 aliphatic rings. The Morgan fingerprint density at radius 3 is 2.14 bits per heavy atom. The lowest BCUT2D eigenvalue weighted by atomic mass is 10.2. The molecule has 9 heteroatoms. The second-order valence-electron chi connectivity index (χ2n) is 6.06. The van der Waals surface area contributed by atoms with Crippen molar-refractivity contribution in [1.82, 2.24) is 9.29 Å². The van der Waals surface area contributed by atoms with Gasteiger partial charge in [-0.2, -0.15) is 0 Å². The smallest absolute Gasteiger partial charge is 0.246 e. The van der Waals surface area contributed by atoms with Gasteiger partial charge in [0.25, 0.3) is 10.0 Å². The van der Waals surface area contributed by atoms with E-state index < -0.39 is 27.7 Å². The molecule has 28 heavy (non-hydrogen) atoms. The Labute approximate surface area is 159 Å². The van der Waals surface area contributed by atoms with Gasteiger partial charge in [0.05, 0.1) is 12.2 Å². The van der Waals surface area contributed by atoms with Crippen molar-refractivity contribution in [3.8, 4) is 0 Å². The molecule has 0 aliphatic carbocycles. The Kier molecular flexibility index (Phi) is 4.31. The summed E-state index contributed by atoms with van der Waals surface area (Å²) in [6.45, 7) is -0.284. The highest BCUT2D eigenvalue weighted by Gasteiger charge is 2.43. The average molecular weight is 401 g/mol. The molecule has 0 bridgehead atoms. The van der Waals surface area contributed by atoms with Gasteiger partial charge in [-0.1, -0.05) is 12.1 Å². The Balaban J connectivity index is 1.85. The lowest BCUT2D eigenvalue weighted by Crippen LogP contribution is -2.48. The van der Waals surface area contributed by atoms with Gasteiger partial charge in [0.2, 0.25) is 0 Å². The van der Waals surface area contributed by atoms with Crippen LogP contribution in [0.1, 0.15) is 5.56 Å². The Bertz CT molecular complexity index is 1150. The monoisotopic (exact) mass is 401 g/mol. The van der Waals surface area contributed by atoms with E-state index in [1.54, 1.807) is 0 Å². The molecule has 1 aromatic heterocycles. The van der Waals surface area contributed by atoms with Gasteiger partial charge in [0, 0.05) is 6.20 Å². The summed E-state index contributed by atoms with van der Waals surface area (Å²) >= 11 is 0. The van der Waals surface area contributed by atoms with Gasteiger partial charge in [-0.05, 0) is 54.1 Å². The zero-order chi connectivity index (χ0) is 19.9. The van der Waals surface area contributed by atoms with Gasteiger partial charge in [0.15, 0.2) is 5.82 Å². The van der Waals surface area contributed by atoms with Crippen molar-refractivity contribution in [1.29, 1.82) is 0 Å². The topological polar surface area (TPSA) is 70.6 Å². The summed E-state index contributed by atoms with van der Waals surface area (Å²) in [6.07, 6.45) is 1.37. The minimum atomic E-state index is -4.18. The van der Waals surface area contributed by atoms with Gasteiger partial charge >= 0.3 is 6.03 Å². The summed E-state index contributed by atoms with van der Waals surface area (Å²) in [5.41, 5.74) is 0.704. The van der Waals surface area contributed by atoms with Gasteiger partial charge < -0.3 is 0 Å². The quantitative estimate of drug-likeness (QED) is 0.669. The fourth-order valence-corrected chi connectivity index (χ4v) is 4.38.